The molecule has 0 unspecified atom stereocenters. The molecule has 3 heteroatoms. The average molecular weight is 439 g/mol. The zero-order valence-corrected chi connectivity index (χ0v) is 19.9. The first kappa shape index (κ1) is 24.6. The molecule has 0 atom stereocenters. The van der Waals surface area contributed by atoms with Gasteiger partial charge in [0, 0.05) is 17.7 Å². The normalized spacial score (nSPS) is 18.6. The van der Waals surface area contributed by atoms with Crippen molar-refractivity contribution < 1.29 is 13.9 Å². The van der Waals surface area contributed by atoms with Crippen LogP contribution < -0.4 is 0 Å². The van der Waals surface area contributed by atoms with Gasteiger partial charge in [0.1, 0.15) is 5.82 Å². The van der Waals surface area contributed by atoms with Gasteiger partial charge in [0.15, 0.2) is 5.78 Å². The lowest BCUT2D eigenvalue weighted by Gasteiger charge is -2.29. The Balaban J connectivity index is 1.42. The van der Waals surface area contributed by atoms with Crippen LogP contribution in [0.3, 0.4) is 0 Å². The molecule has 1 aliphatic carbocycles. The summed E-state index contributed by atoms with van der Waals surface area (Å²) in [4.78, 5) is 11.5. The number of ketones is 1. The second-order valence-corrected chi connectivity index (χ2v) is 9.34. The van der Waals surface area contributed by atoms with Crippen molar-refractivity contribution in [3.05, 3.63) is 59.4 Å². The smallest absolute Gasteiger partial charge is 0.159 e. The van der Waals surface area contributed by atoms with E-state index in [0.29, 0.717) is 23.1 Å². The van der Waals surface area contributed by atoms with E-state index in [1.54, 1.807) is 25.1 Å². The minimum Gasteiger partial charge on any atom is -0.378 e. The molecule has 0 N–H and O–H groups in total. The molecule has 2 aromatic rings. The highest BCUT2D eigenvalue weighted by atomic mass is 19.1. The van der Waals surface area contributed by atoms with Crippen molar-refractivity contribution >= 4 is 5.78 Å². The van der Waals surface area contributed by atoms with E-state index in [1.807, 2.05) is 18.2 Å². The van der Waals surface area contributed by atoms with Crippen molar-refractivity contribution in [2.24, 2.45) is 0 Å². The molecule has 0 aliphatic heterocycles. The molecule has 174 valence electrons. The summed E-state index contributed by atoms with van der Waals surface area (Å²) in [5, 5.41) is 0. The van der Waals surface area contributed by atoms with Crippen LogP contribution in [0.15, 0.2) is 42.5 Å². The number of unbranched alkanes of at least 4 members (excludes halogenated alkanes) is 6. The van der Waals surface area contributed by atoms with Crippen LogP contribution in [0.4, 0.5) is 4.39 Å². The molecule has 0 aromatic heterocycles. The van der Waals surface area contributed by atoms with Gasteiger partial charge in [0.25, 0.3) is 0 Å². The lowest BCUT2D eigenvalue weighted by molar-refractivity contribution is 0.0226. The van der Waals surface area contributed by atoms with E-state index in [9.17, 15) is 9.18 Å². The first-order chi connectivity index (χ1) is 15.6. The van der Waals surface area contributed by atoms with E-state index in [1.165, 1.54) is 44.9 Å². The van der Waals surface area contributed by atoms with E-state index in [0.717, 1.165) is 43.4 Å². The Hall–Kier alpha value is -2.00. The highest BCUT2D eigenvalue weighted by Gasteiger charge is 2.23. The van der Waals surface area contributed by atoms with Crippen LogP contribution >= 0.6 is 0 Å². The SMILES string of the molecule is CCCCCCCCCOC1CCC(c2ccc(-c3ccc(C(C)=O)cc3)c(F)c2)CC1. The number of hydrogen-bond acceptors (Lipinski definition) is 2. The molecule has 1 saturated carbocycles. The second kappa shape index (κ2) is 12.9. The van der Waals surface area contributed by atoms with Crippen molar-refractivity contribution in [3.63, 3.8) is 0 Å². The lowest BCUT2D eigenvalue weighted by Crippen LogP contribution is -2.21. The molecular weight excluding hydrogens is 399 g/mol. The Bertz CT molecular complexity index is 835. The van der Waals surface area contributed by atoms with Gasteiger partial charge in [-0.2, -0.15) is 0 Å². The molecule has 2 aromatic carbocycles. The van der Waals surface area contributed by atoms with Gasteiger partial charge < -0.3 is 4.74 Å². The number of carbonyl (C=O) groups excluding carboxylic acids is 1. The van der Waals surface area contributed by atoms with Crippen molar-refractivity contribution in [3.8, 4) is 11.1 Å². The Labute approximate surface area is 193 Å². The molecule has 1 aliphatic rings. The highest BCUT2D eigenvalue weighted by molar-refractivity contribution is 5.94. The summed E-state index contributed by atoms with van der Waals surface area (Å²) in [7, 11) is 0. The Morgan fingerprint density at radius 2 is 1.56 bits per heavy atom. The molecule has 0 heterocycles. The number of ether oxygens (including phenoxy) is 1. The number of benzene rings is 2. The number of carbonyl (C=O) groups is 1. The molecular formula is C29H39FO2. The van der Waals surface area contributed by atoms with Crippen molar-refractivity contribution in [1.29, 1.82) is 0 Å². The van der Waals surface area contributed by atoms with Gasteiger partial charge in [-0.3, -0.25) is 4.79 Å². The van der Waals surface area contributed by atoms with Crippen molar-refractivity contribution in [1.82, 2.24) is 0 Å². The first-order valence-corrected chi connectivity index (χ1v) is 12.6. The zero-order chi connectivity index (χ0) is 22.8. The molecule has 0 saturated heterocycles. The molecule has 32 heavy (non-hydrogen) atoms. The van der Waals surface area contributed by atoms with Crippen LogP contribution in [0, 0.1) is 5.82 Å². The fourth-order valence-electron chi connectivity index (χ4n) is 4.78. The minimum atomic E-state index is -0.185. The maximum Gasteiger partial charge on any atom is 0.159 e. The van der Waals surface area contributed by atoms with Gasteiger partial charge in [-0.1, -0.05) is 81.8 Å². The van der Waals surface area contributed by atoms with E-state index < -0.39 is 0 Å². The van der Waals surface area contributed by atoms with Gasteiger partial charge in [0.2, 0.25) is 0 Å². The topological polar surface area (TPSA) is 26.3 Å². The molecule has 3 rings (SSSR count). The summed E-state index contributed by atoms with van der Waals surface area (Å²) in [5.41, 5.74) is 3.14. The monoisotopic (exact) mass is 438 g/mol. The van der Waals surface area contributed by atoms with Crippen molar-refractivity contribution in [2.75, 3.05) is 6.61 Å². The third-order valence-electron chi connectivity index (χ3n) is 6.84. The maximum absolute atomic E-state index is 14.9. The number of rotatable bonds is 12. The van der Waals surface area contributed by atoms with Crippen LogP contribution in [0.5, 0.6) is 0 Å². The summed E-state index contributed by atoms with van der Waals surface area (Å²) in [6.45, 7) is 4.68. The highest BCUT2D eigenvalue weighted by Crippen LogP contribution is 2.36. The van der Waals surface area contributed by atoms with Crippen LogP contribution in [0.1, 0.15) is 106 Å². The van der Waals surface area contributed by atoms with Gasteiger partial charge >= 0.3 is 0 Å². The minimum absolute atomic E-state index is 0.0226. The van der Waals surface area contributed by atoms with Gasteiger partial charge in [-0.05, 0) is 62.1 Å². The van der Waals surface area contributed by atoms with Crippen LogP contribution in [0.25, 0.3) is 11.1 Å². The summed E-state index contributed by atoms with van der Waals surface area (Å²) >= 11 is 0. The lowest BCUT2D eigenvalue weighted by atomic mass is 9.82. The van der Waals surface area contributed by atoms with Crippen LogP contribution in [0.2, 0.25) is 0 Å². The van der Waals surface area contributed by atoms with Gasteiger partial charge in [0.05, 0.1) is 6.10 Å². The Morgan fingerprint density at radius 1 is 0.906 bits per heavy atom. The number of Topliss-reactive ketones (excluding diaryl/α,β-unsaturated/α-hetero) is 1. The van der Waals surface area contributed by atoms with E-state index in [4.69, 9.17) is 4.74 Å². The largest absolute Gasteiger partial charge is 0.378 e. The van der Waals surface area contributed by atoms with Gasteiger partial charge in [-0.15, -0.1) is 0 Å². The first-order valence-electron chi connectivity index (χ1n) is 12.6. The van der Waals surface area contributed by atoms with Crippen LogP contribution in [-0.2, 0) is 4.74 Å². The molecule has 2 nitrogen and oxygen atoms in total. The predicted molar refractivity (Wildman–Crippen MR) is 131 cm³/mol. The molecule has 0 radical (unpaired) electrons. The fourth-order valence-corrected chi connectivity index (χ4v) is 4.78. The van der Waals surface area contributed by atoms with Gasteiger partial charge in [-0.25, -0.2) is 4.39 Å². The second-order valence-electron chi connectivity index (χ2n) is 9.34. The summed E-state index contributed by atoms with van der Waals surface area (Å²) in [5.74, 6) is 0.252. The van der Waals surface area contributed by atoms with E-state index in [2.05, 4.69) is 13.0 Å². The molecule has 0 bridgehead atoms. The van der Waals surface area contributed by atoms with Crippen LogP contribution in [-0.4, -0.2) is 18.5 Å². The number of hydrogen-bond donors (Lipinski definition) is 0. The maximum atomic E-state index is 14.9. The summed E-state index contributed by atoms with van der Waals surface area (Å²) in [6.07, 6.45) is 13.8. The third kappa shape index (κ3) is 7.27. The predicted octanol–water partition coefficient (Wildman–Crippen LogP) is 8.49. The zero-order valence-electron chi connectivity index (χ0n) is 19.9. The Kier molecular flexibility index (Phi) is 9.92. The van der Waals surface area contributed by atoms with E-state index >= 15 is 0 Å². The van der Waals surface area contributed by atoms with E-state index in [-0.39, 0.29) is 11.6 Å². The van der Waals surface area contributed by atoms with Crippen molar-refractivity contribution in [2.45, 2.75) is 96.5 Å². The quantitative estimate of drug-likeness (QED) is 0.245. The number of halogens is 1. The molecule has 1 fully saturated rings. The standard InChI is InChI=1S/C29H39FO2/c1-3-4-5-6-7-8-9-20-32-27-17-14-24(15-18-27)26-16-19-28(29(30)21-26)25-12-10-23(11-13-25)22(2)31/h10-13,16,19,21,24,27H,3-9,14-15,17-18,20H2,1-2H3. The Morgan fingerprint density at radius 3 is 2.19 bits per heavy atom. The molecule has 0 amide bonds. The summed E-state index contributed by atoms with van der Waals surface area (Å²) < 4.78 is 21.0. The third-order valence-corrected chi connectivity index (χ3v) is 6.84. The molecule has 0 spiro atoms. The fraction of sp³-hybridized carbons (Fsp3) is 0.552. The summed E-state index contributed by atoms with van der Waals surface area (Å²) in [6, 6.07) is 12.8. The average Bonchev–Trinajstić information content (AvgIpc) is 2.81.